The molecule has 0 aliphatic rings. The van der Waals surface area contributed by atoms with Gasteiger partial charge in [-0.15, -0.1) is 11.3 Å². The minimum absolute atomic E-state index is 0.219. The summed E-state index contributed by atoms with van der Waals surface area (Å²) in [6, 6.07) is 1.67. The third-order valence-corrected chi connectivity index (χ3v) is 3.03. The van der Waals surface area contributed by atoms with Crippen molar-refractivity contribution in [2.45, 2.75) is 0 Å². The van der Waals surface area contributed by atoms with Crippen LogP contribution in [0.4, 0.5) is 0 Å². The van der Waals surface area contributed by atoms with E-state index >= 15 is 0 Å². The van der Waals surface area contributed by atoms with Crippen LogP contribution in [0.5, 0.6) is 0 Å². The van der Waals surface area contributed by atoms with Gasteiger partial charge in [0, 0.05) is 0 Å². The summed E-state index contributed by atoms with van der Waals surface area (Å²) in [4.78, 5) is 11.8. The predicted molar refractivity (Wildman–Crippen MR) is 59.3 cm³/mol. The Bertz CT molecular complexity index is 588. The van der Waals surface area contributed by atoms with Crippen molar-refractivity contribution in [3.05, 3.63) is 16.6 Å². The van der Waals surface area contributed by atoms with E-state index in [1.807, 2.05) is 0 Å². The standard InChI is InChI=1S/C10H8N2O3S/c1-15-10(14)8-5-7-9(16-8)6(11-12-7)3-2-4-13/h5,13H,4H2,1H3,(H,11,12). The number of aliphatic hydroxyl groups excluding tert-OH is 1. The van der Waals surface area contributed by atoms with E-state index in [9.17, 15) is 4.79 Å². The molecule has 82 valence electrons. The highest BCUT2D eigenvalue weighted by atomic mass is 32.1. The maximum atomic E-state index is 11.3. The van der Waals surface area contributed by atoms with Gasteiger partial charge in [-0.25, -0.2) is 4.79 Å². The van der Waals surface area contributed by atoms with E-state index in [4.69, 9.17) is 5.11 Å². The van der Waals surface area contributed by atoms with Gasteiger partial charge in [0.05, 0.1) is 17.3 Å². The summed E-state index contributed by atoms with van der Waals surface area (Å²) in [6.45, 7) is -0.219. The van der Waals surface area contributed by atoms with Crippen LogP contribution in [0.2, 0.25) is 0 Å². The molecule has 2 heterocycles. The first kappa shape index (κ1) is 10.7. The number of fused-ring (bicyclic) bond motifs is 1. The summed E-state index contributed by atoms with van der Waals surface area (Å²) >= 11 is 1.26. The van der Waals surface area contributed by atoms with Crippen molar-refractivity contribution in [3.8, 4) is 11.8 Å². The quantitative estimate of drug-likeness (QED) is 0.566. The van der Waals surface area contributed by atoms with Crippen molar-refractivity contribution in [3.63, 3.8) is 0 Å². The van der Waals surface area contributed by atoms with E-state index in [0.29, 0.717) is 10.6 Å². The van der Waals surface area contributed by atoms with Gasteiger partial charge in [0.15, 0.2) is 5.69 Å². The van der Waals surface area contributed by atoms with Gasteiger partial charge in [0.2, 0.25) is 0 Å². The van der Waals surface area contributed by atoms with Crippen LogP contribution in [0, 0.1) is 11.8 Å². The number of ether oxygens (including phenoxy) is 1. The van der Waals surface area contributed by atoms with Crippen molar-refractivity contribution in [1.82, 2.24) is 10.2 Å². The normalized spacial score (nSPS) is 9.88. The average Bonchev–Trinajstić information content (AvgIpc) is 2.85. The van der Waals surface area contributed by atoms with Gasteiger partial charge in [0.1, 0.15) is 11.5 Å². The van der Waals surface area contributed by atoms with E-state index in [1.165, 1.54) is 18.4 Å². The molecule has 5 nitrogen and oxygen atoms in total. The number of thiophene rings is 1. The Morgan fingerprint density at radius 2 is 2.56 bits per heavy atom. The molecule has 6 heteroatoms. The van der Waals surface area contributed by atoms with Gasteiger partial charge >= 0.3 is 5.97 Å². The van der Waals surface area contributed by atoms with Gasteiger partial charge in [-0.1, -0.05) is 5.92 Å². The fourth-order valence-electron chi connectivity index (χ4n) is 1.23. The number of aromatic nitrogens is 2. The fourth-order valence-corrected chi connectivity index (χ4v) is 2.20. The zero-order chi connectivity index (χ0) is 11.5. The lowest BCUT2D eigenvalue weighted by atomic mass is 10.3. The Morgan fingerprint density at radius 1 is 1.75 bits per heavy atom. The molecule has 0 fully saturated rings. The molecule has 0 radical (unpaired) electrons. The van der Waals surface area contributed by atoms with Crippen LogP contribution in [-0.4, -0.2) is 35.0 Å². The molecule has 2 aromatic rings. The highest BCUT2D eigenvalue weighted by Crippen LogP contribution is 2.26. The monoisotopic (exact) mass is 236 g/mol. The summed E-state index contributed by atoms with van der Waals surface area (Å²) in [7, 11) is 1.33. The van der Waals surface area contributed by atoms with Crippen LogP contribution in [0.15, 0.2) is 6.07 Å². The Morgan fingerprint density at radius 3 is 3.25 bits per heavy atom. The number of nitrogens with one attached hydrogen (secondary N) is 1. The molecule has 0 aliphatic carbocycles. The van der Waals surface area contributed by atoms with Crippen molar-refractivity contribution in [2.24, 2.45) is 0 Å². The van der Waals surface area contributed by atoms with Crippen molar-refractivity contribution in [2.75, 3.05) is 13.7 Å². The zero-order valence-corrected chi connectivity index (χ0v) is 9.22. The largest absolute Gasteiger partial charge is 0.465 e. The van der Waals surface area contributed by atoms with Gasteiger partial charge in [0.25, 0.3) is 0 Å². The first-order chi connectivity index (χ1) is 7.76. The van der Waals surface area contributed by atoms with E-state index in [-0.39, 0.29) is 12.6 Å². The third kappa shape index (κ3) is 1.78. The molecule has 0 atom stereocenters. The van der Waals surface area contributed by atoms with E-state index in [2.05, 4.69) is 26.8 Å². The summed E-state index contributed by atoms with van der Waals surface area (Å²) < 4.78 is 5.41. The van der Waals surface area contributed by atoms with Crippen LogP contribution in [0.1, 0.15) is 15.4 Å². The fraction of sp³-hybridized carbons (Fsp3) is 0.200. The van der Waals surface area contributed by atoms with Crippen molar-refractivity contribution in [1.29, 1.82) is 0 Å². The van der Waals surface area contributed by atoms with Gasteiger partial charge in [-0.3, -0.25) is 5.10 Å². The Balaban J connectivity index is 2.47. The Hall–Kier alpha value is -1.84. The molecule has 0 aromatic carbocycles. The molecular formula is C10H8N2O3S. The van der Waals surface area contributed by atoms with Crippen LogP contribution in [0.3, 0.4) is 0 Å². The molecule has 0 unspecified atom stereocenters. The van der Waals surface area contributed by atoms with Crippen molar-refractivity contribution < 1.29 is 14.6 Å². The number of H-pyrrole nitrogens is 1. The number of hydrogen-bond donors (Lipinski definition) is 2. The van der Waals surface area contributed by atoms with Crippen LogP contribution in [-0.2, 0) is 4.74 Å². The summed E-state index contributed by atoms with van der Waals surface area (Å²) in [5.41, 5.74) is 1.27. The molecule has 16 heavy (non-hydrogen) atoms. The number of esters is 1. The minimum atomic E-state index is -0.379. The molecule has 0 saturated heterocycles. The first-order valence-corrected chi connectivity index (χ1v) is 5.24. The molecule has 2 rings (SSSR count). The van der Waals surface area contributed by atoms with Crippen LogP contribution >= 0.6 is 11.3 Å². The minimum Gasteiger partial charge on any atom is -0.465 e. The zero-order valence-electron chi connectivity index (χ0n) is 8.40. The lowest BCUT2D eigenvalue weighted by Crippen LogP contribution is -1.96. The lowest BCUT2D eigenvalue weighted by Gasteiger charge is -1.91. The van der Waals surface area contributed by atoms with Gasteiger partial charge in [-0.05, 0) is 12.0 Å². The number of nitrogens with zero attached hydrogens (tertiary/aromatic N) is 1. The first-order valence-electron chi connectivity index (χ1n) is 4.42. The second kappa shape index (κ2) is 4.35. The second-order valence-electron chi connectivity index (χ2n) is 2.88. The molecule has 0 spiro atoms. The summed E-state index contributed by atoms with van der Waals surface area (Å²) in [6.07, 6.45) is 0. The van der Waals surface area contributed by atoms with Gasteiger partial charge < -0.3 is 9.84 Å². The average molecular weight is 236 g/mol. The highest BCUT2D eigenvalue weighted by molar-refractivity contribution is 7.20. The van der Waals surface area contributed by atoms with Gasteiger partial charge in [-0.2, -0.15) is 5.10 Å². The lowest BCUT2D eigenvalue weighted by molar-refractivity contribution is 0.0606. The summed E-state index contributed by atoms with van der Waals surface area (Å²) in [5.74, 6) is 4.83. The topological polar surface area (TPSA) is 75.2 Å². The molecule has 0 amide bonds. The number of carbonyl (C=O) groups is 1. The number of aromatic amines is 1. The number of hydrogen-bond acceptors (Lipinski definition) is 5. The highest BCUT2D eigenvalue weighted by Gasteiger charge is 2.14. The van der Waals surface area contributed by atoms with Crippen LogP contribution in [0.25, 0.3) is 10.2 Å². The molecule has 0 bridgehead atoms. The van der Waals surface area contributed by atoms with Crippen molar-refractivity contribution >= 4 is 27.5 Å². The van der Waals surface area contributed by atoms with E-state index in [0.717, 1.165) is 10.2 Å². The Kier molecular flexibility index (Phi) is 2.90. The SMILES string of the molecule is COC(=O)c1cc2[nH]nc(C#CCO)c2s1. The Labute approximate surface area is 95.0 Å². The molecule has 2 aromatic heterocycles. The number of methoxy groups -OCH3 is 1. The number of rotatable bonds is 1. The second-order valence-corrected chi connectivity index (χ2v) is 3.93. The van der Waals surface area contributed by atoms with E-state index < -0.39 is 0 Å². The molecule has 0 saturated carbocycles. The smallest absolute Gasteiger partial charge is 0.348 e. The number of carbonyl (C=O) groups excluding carboxylic acids is 1. The molecule has 2 N–H and O–H groups in total. The third-order valence-electron chi connectivity index (χ3n) is 1.91. The maximum absolute atomic E-state index is 11.3. The maximum Gasteiger partial charge on any atom is 0.348 e. The van der Waals surface area contributed by atoms with Crippen LogP contribution < -0.4 is 0 Å². The number of aliphatic hydroxyl groups is 1. The molecular weight excluding hydrogens is 228 g/mol. The predicted octanol–water partition coefficient (Wildman–Crippen LogP) is 0.755. The molecule has 0 aliphatic heterocycles. The van der Waals surface area contributed by atoms with E-state index in [1.54, 1.807) is 6.07 Å². The summed E-state index contributed by atoms with van der Waals surface area (Å²) in [5, 5.41) is 15.3.